The molecule has 0 aliphatic carbocycles. The molecular weight excluding hydrogens is 152 g/mol. The number of methoxy groups -OCH3 is 1. The van der Waals surface area contributed by atoms with Crippen molar-refractivity contribution in [2.24, 2.45) is 0 Å². The Bertz CT molecular complexity index is 157. The smallest absolute Gasteiger partial charge is 0.0751 e. The first-order chi connectivity index (χ1) is 5.81. The van der Waals surface area contributed by atoms with Gasteiger partial charge in [0.15, 0.2) is 0 Å². The summed E-state index contributed by atoms with van der Waals surface area (Å²) < 4.78 is 5.46. The van der Waals surface area contributed by atoms with Crippen LogP contribution < -0.4 is 0 Å². The van der Waals surface area contributed by atoms with Gasteiger partial charge < -0.3 is 9.64 Å². The number of fused-ring (bicyclic) bond motifs is 1. The molecule has 3 heteroatoms. The highest BCUT2D eigenvalue weighted by molar-refractivity contribution is 4.92. The minimum Gasteiger partial charge on any atom is -0.380 e. The molecule has 2 aliphatic heterocycles. The predicted molar refractivity (Wildman–Crippen MR) is 48.3 cm³/mol. The largest absolute Gasteiger partial charge is 0.380 e. The summed E-state index contributed by atoms with van der Waals surface area (Å²) in [5, 5.41) is 0. The highest BCUT2D eigenvalue weighted by Gasteiger charge is 2.36. The Hall–Kier alpha value is -0.120. The summed E-state index contributed by atoms with van der Waals surface area (Å²) in [5.74, 6) is 0. The normalized spacial score (nSPS) is 38.5. The molecule has 0 bridgehead atoms. The molecule has 0 saturated carbocycles. The first-order valence-corrected chi connectivity index (χ1v) is 4.76. The van der Waals surface area contributed by atoms with Gasteiger partial charge in [0.1, 0.15) is 0 Å². The second-order valence-electron chi connectivity index (χ2n) is 3.93. The maximum atomic E-state index is 5.46. The van der Waals surface area contributed by atoms with Crippen LogP contribution in [0, 0.1) is 0 Å². The number of hydrogen-bond donors (Lipinski definition) is 0. The summed E-state index contributed by atoms with van der Waals surface area (Å²) in [7, 11) is 4.03. The maximum absolute atomic E-state index is 5.46. The van der Waals surface area contributed by atoms with Gasteiger partial charge in [0.25, 0.3) is 0 Å². The third-order valence-corrected chi connectivity index (χ3v) is 3.17. The lowest BCUT2D eigenvalue weighted by Gasteiger charge is -2.37. The topological polar surface area (TPSA) is 15.7 Å². The Kier molecular flexibility index (Phi) is 2.35. The van der Waals surface area contributed by atoms with E-state index >= 15 is 0 Å². The van der Waals surface area contributed by atoms with Crippen LogP contribution in [0.15, 0.2) is 0 Å². The molecule has 0 spiro atoms. The third-order valence-electron chi connectivity index (χ3n) is 3.17. The third kappa shape index (κ3) is 1.37. The summed E-state index contributed by atoms with van der Waals surface area (Å²) in [6.07, 6.45) is 1.70. The molecule has 2 atom stereocenters. The maximum Gasteiger partial charge on any atom is 0.0751 e. The molecule has 3 nitrogen and oxygen atoms in total. The van der Waals surface area contributed by atoms with Crippen molar-refractivity contribution in [2.45, 2.75) is 18.6 Å². The van der Waals surface area contributed by atoms with Crippen LogP contribution in [0.25, 0.3) is 0 Å². The molecule has 0 aromatic heterocycles. The van der Waals surface area contributed by atoms with E-state index in [1.807, 2.05) is 7.11 Å². The van der Waals surface area contributed by atoms with Crippen molar-refractivity contribution in [3.05, 3.63) is 0 Å². The minimum absolute atomic E-state index is 0.479. The molecule has 0 radical (unpaired) electrons. The van der Waals surface area contributed by atoms with Gasteiger partial charge in [-0.15, -0.1) is 0 Å². The molecule has 2 fully saturated rings. The molecule has 2 unspecified atom stereocenters. The summed E-state index contributed by atoms with van der Waals surface area (Å²) >= 11 is 0. The second kappa shape index (κ2) is 3.32. The van der Waals surface area contributed by atoms with E-state index in [1.165, 1.54) is 32.6 Å². The quantitative estimate of drug-likeness (QED) is 0.552. The lowest BCUT2D eigenvalue weighted by Crippen LogP contribution is -2.51. The molecule has 2 aliphatic rings. The predicted octanol–water partition coefficient (Wildman–Crippen LogP) is 0.0211. The number of likely N-dealkylation sites (N-methyl/N-ethyl adjacent to an activating group) is 1. The number of hydrogen-bond acceptors (Lipinski definition) is 3. The molecule has 0 amide bonds. The van der Waals surface area contributed by atoms with Gasteiger partial charge in [0, 0.05) is 39.3 Å². The number of piperazine rings is 1. The van der Waals surface area contributed by atoms with Crippen LogP contribution in [-0.2, 0) is 4.74 Å². The molecule has 0 aromatic carbocycles. The SMILES string of the molecule is COC1CCN2CCN(C)CC12. The van der Waals surface area contributed by atoms with Crippen LogP contribution in [0.2, 0.25) is 0 Å². The summed E-state index contributed by atoms with van der Waals surface area (Å²) in [6, 6.07) is 0.661. The summed E-state index contributed by atoms with van der Waals surface area (Å²) in [5.41, 5.74) is 0. The Morgan fingerprint density at radius 2 is 2.08 bits per heavy atom. The lowest BCUT2D eigenvalue weighted by atomic mass is 10.1. The highest BCUT2D eigenvalue weighted by atomic mass is 16.5. The van der Waals surface area contributed by atoms with Gasteiger partial charge in [-0.3, -0.25) is 4.90 Å². The van der Waals surface area contributed by atoms with Crippen LogP contribution in [-0.4, -0.2) is 62.3 Å². The van der Waals surface area contributed by atoms with E-state index < -0.39 is 0 Å². The molecule has 12 heavy (non-hydrogen) atoms. The van der Waals surface area contributed by atoms with E-state index in [2.05, 4.69) is 16.8 Å². The van der Waals surface area contributed by atoms with Crippen LogP contribution >= 0.6 is 0 Å². The average Bonchev–Trinajstić information content (AvgIpc) is 2.46. The molecule has 70 valence electrons. The molecular formula is C9H18N2O. The fourth-order valence-electron chi connectivity index (χ4n) is 2.38. The Morgan fingerprint density at radius 1 is 1.25 bits per heavy atom. The van der Waals surface area contributed by atoms with E-state index in [9.17, 15) is 0 Å². The van der Waals surface area contributed by atoms with Crippen molar-refractivity contribution < 1.29 is 4.74 Å². The van der Waals surface area contributed by atoms with Crippen LogP contribution in [0.1, 0.15) is 6.42 Å². The van der Waals surface area contributed by atoms with Crippen molar-refractivity contribution in [2.75, 3.05) is 40.3 Å². The minimum atomic E-state index is 0.479. The summed E-state index contributed by atoms with van der Waals surface area (Å²) in [6.45, 7) is 4.85. The lowest BCUT2D eigenvalue weighted by molar-refractivity contribution is 0.0288. The van der Waals surface area contributed by atoms with Gasteiger partial charge in [-0.25, -0.2) is 0 Å². The van der Waals surface area contributed by atoms with E-state index in [0.29, 0.717) is 12.1 Å². The molecule has 0 N–H and O–H groups in total. The van der Waals surface area contributed by atoms with Gasteiger partial charge >= 0.3 is 0 Å². The molecule has 2 heterocycles. The van der Waals surface area contributed by atoms with Crippen LogP contribution in [0.3, 0.4) is 0 Å². The van der Waals surface area contributed by atoms with Crippen molar-refractivity contribution in [1.29, 1.82) is 0 Å². The second-order valence-corrected chi connectivity index (χ2v) is 3.93. The van der Waals surface area contributed by atoms with Gasteiger partial charge in [-0.1, -0.05) is 0 Å². The molecule has 2 saturated heterocycles. The number of ether oxygens (including phenoxy) is 1. The average molecular weight is 170 g/mol. The zero-order valence-corrected chi connectivity index (χ0v) is 7.99. The fourth-order valence-corrected chi connectivity index (χ4v) is 2.38. The molecule has 0 aromatic rings. The van der Waals surface area contributed by atoms with Gasteiger partial charge in [-0.2, -0.15) is 0 Å². The number of nitrogens with zero attached hydrogens (tertiary/aromatic N) is 2. The van der Waals surface area contributed by atoms with E-state index in [0.717, 1.165) is 0 Å². The van der Waals surface area contributed by atoms with Crippen molar-refractivity contribution in [1.82, 2.24) is 9.80 Å². The fraction of sp³-hybridized carbons (Fsp3) is 1.00. The zero-order chi connectivity index (χ0) is 8.55. The van der Waals surface area contributed by atoms with Gasteiger partial charge in [0.05, 0.1) is 6.10 Å². The van der Waals surface area contributed by atoms with Crippen LogP contribution in [0.4, 0.5) is 0 Å². The van der Waals surface area contributed by atoms with Crippen molar-refractivity contribution >= 4 is 0 Å². The Balaban J connectivity index is 2.00. The van der Waals surface area contributed by atoms with E-state index in [-0.39, 0.29) is 0 Å². The highest BCUT2D eigenvalue weighted by Crippen LogP contribution is 2.23. The van der Waals surface area contributed by atoms with Gasteiger partial charge in [0.2, 0.25) is 0 Å². The van der Waals surface area contributed by atoms with Gasteiger partial charge in [-0.05, 0) is 13.5 Å². The van der Waals surface area contributed by atoms with Crippen LogP contribution in [0.5, 0.6) is 0 Å². The molecule has 2 rings (SSSR count). The van der Waals surface area contributed by atoms with E-state index in [4.69, 9.17) is 4.74 Å². The van der Waals surface area contributed by atoms with Crippen molar-refractivity contribution in [3.8, 4) is 0 Å². The monoisotopic (exact) mass is 170 g/mol. The first-order valence-electron chi connectivity index (χ1n) is 4.76. The van der Waals surface area contributed by atoms with Crippen molar-refractivity contribution in [3.63, 3.8) is 0 Å². The number of rotatable bonds is 1. The summed E-state index contributed by atoms with van der Waals surface area (Å²) in [4.78, 5) is 4.96. The first kappa shape index (κ1) is 8.48. The Labute approximate surface area is 74.3 Å². The standard InChI is InChI=1S/C9H18N2O/c1-10-5-6-11-4-3-9(12-2)8(11)7-10/h8-9H,3-7H2,1-2H3. The van der Waals surface area contributed by atoms with E-state index in [1.54, 1.807) is 0 Å². The zero-order valence-electron chi connectivity index (χ0n) is 7.99. The Morgan fingerprint density at radius 3 is 2.83 bits per heavy atom.